The fourth-order valence-electron chi connectivity index (χ4n) is 2.68. The zero-order valence-electron chi connectivity index (χ0n) is 13.1. The number of halogens is 1. The second-order valence-corrected chi connectivity index (χ2v) is 7.57. The van der Waals surface area contributed by atoms with Crippen LogP contribution in [0.2, 0.25) is 0 Å². The molecular formula is C18H16FNS3. The van der Waals surface area contributed by atoms with E-state index in [-0.39, 0.29) is 5.82 Å². The summed E-state index contributed by atoms with van der Waals surface area (Å²) in [6.07, 6.45) is 1.90. The molecule has 0 aliphatic carbocycles. The van der Waals surface area contributed by atoms with Gasteiger partial charge in [-0.05, 0) is 61.6 Å². The molecule has 0 radical (unpaired) electrons. The number of rotatable bonds is 3. The van der Waals surface area contributed by atoms with E-state index >= 15 is 0 Å². The van der Waals surface area contributed by atoms with Crippen LogP contribution in [-0.2, 0) is 0 Å². The van der Waals surface area contributed by atoms with Gasteiger partial charge in [0.2, 0.25) is 0 Å². The molecule has 3 aromatic rings. The first-order valence-electron chi connectivity index (χ1n) is 7.14. The molecule has 0 spiro atoms. The molecule has 0 aliphatic heterocycles. The van der Waals surface area contributed by atoms with E-state index in [1.54, 1.807) is 6.07 Å². The number of aromatic nitrogens is 1. The van der Waals surface area contributed by atoms with Crippen molar-refractivity contribution in [3.8, 4) is 16.9 Å². The van der Waals surface area contributed by atoms with Crippen molar-refractivity contribution >= 4 is 35.3 Å². The fourth-order valence-corrected chi connectivity index (χ4v) is 4.50. The van der Waals surface area contributed by atoms with E-state index in [1.165, 1.54) is 23.1 Å². The molecule has 2 aromatic carbocycles. The maximum atomic E-state index is 14.5. The molecule has 0 atom stereocenters. The van der Waals surface area contributed by atoms with Crippen molar-refractivity contribution in [1.29, 1.82) is 0 Å². The highest BCUT2D eigenvalue weighted by molar-refractivity contribution is 7.98. The molecule has 0 saturated carbocycles. The third kappa shape index (κ3) is 2.89. The number of para-hydroxylation sites is 1. The molecule has 23 heavy (non-hydrogen) atoms. The van der Waals surface area contributed by atoms with Crippen LogP contribution in [0, 0.1) is 23.6 Å². The number of nitrogens with zero attached hydrogens (tertiary/aromatic N) is 1. The predicted octanol–water partition coefficient (Wildman–Crippen LogP) is 6.41. The molecular weight excluding hydrogens is 345 g/mol. The highest BCUT2D eigenvalue weighted by Crippen LogP contribution is 2.36. The minimum atomic E-state index is -0.174. The van der Waals surface area contributed by atoms with Crippen molar-refractivity contribution in [2.45, 2.75) is 18.7 Å². The highest BCUT2D eigenvalue weighted by atomic mass is 32.2. The SMILES string of the molecule is CSc1c(F)cc(-c2csc(=S)n2-c2ccccc2)c(C)c1C. The van der Waals surface area contributed by atoms with Crippen LogP contribution in [0.25, 0.3) is 16.9 Å². The van der Waals surface area contributed by atoms with Gasteiger partial charge in [0.15, 0.2) is 3.95 Å². The van der Waals surface area contributed by atoms with Crippen LogP contribution in [0.4, 0.5) is 4.39 Å². The van der Waals surface area contributed by atoms with Gasteiger partial charge in [0.25, 0.3) is 0 Å². The molecule has 1 aromatic heterocycles. The normalized spacial score (nSPS) is 11.0. The average molecular weight is 362 g/mol. The number of benzene rings is 2. The van der Waals surface area contributed by atoms with Gasteiger partial charge in [-0.15, -0.1) is 23.1 Å². The zero-order chi connectivity index (χ0) is 16.6. The van der Waals surface area contributed by atoms with E-state index in [2.05, 4.69) is 0 Å². The molecule has 0 amide bonds. The minimum absolute atomic E-state index is 0.174. The maximum Gasteiger partial charge on any atom is 0.166 e. The summed E-state index contributed by atoms with van der Waals surface area (Å²) < 4.78 is 17.2. The van der Waals surface area contributed by atoms with E-state index in [1.807, 2.05) is 60.4 Å². The quantitative estimate of drug-likeness (QED) is 0.392. The third-order valence-corrected chi connectivity index (χ3v) is 6.09. The first-order chi connectivity index (χ1) is 11.0. The molecule has 0 bridgehead atoms. The molecule has 0 aliphatic rings. The number of hydrogen-bond donors (Lipinski definition) is 0. The van der Waals surface area contributed by atoms with E-state index in [9.17, 15) is 4.39 Å². The molecule has 118 valence electrons. The van der Waals surface area contributed by atoms with Crippen LogP contribution >= 0.6 is 35.3 Å². The van der Waals surface area contributed by atoms with Crippen molar-refractivity contribution < 1.29 is 4.39 Å². The third-order valence-electron chi connectivity index (χ3n) is 3.98. The van der Waals surface area contributed by atoms with Gasteiger partial charge in [-0.1, -0.05) is 18.2 Å². The van der Waals surface area contributed by atoms with Crippen molar-refractivity contribution in [3.63, 3.8) is 0 Å². The van der Waals surface area contributed by atoms with E-state index < -0.39 is 0 Å². The first-order valence-corrected chi connectivity index (χ1v) is 9.66. The lowest BCUT2D eigenvalue weighted by Gasteiger charge is -2.15. The lowest BCUT2D eigenvalue weighted by molar-refractivity contribution is 0.599. The summed E-state index contributed by atoms with van der Waals surface area (Å²) in [7, 11) is 0. The lowest BCUT2D eigenvalue weighted by Crippen LogP contribution is -2.00. The molecule has 5 heteroatoms. The van der Waals surface area contributed by atoms with Crippen LogP contribution in [0.15, 0.2) is 46.7 Å². The topological polar surface area (TPSA) is 4.93 Å². The van der Waals surface area contributed by atoms with Crippen LogP contribution in [0.1, 0.15) is 11.1 Å². The summed E-state index contributed by atoms with van der Waals surface area (Å²) >= 11 is 8.44. The van der Waals surface area contributed by atoms with Crippen molar-refractivity contribution in [2.75, 3.05) is 6.26 Å². The number of thiazole rings is 1. The first kappa shape index (κ1) is 16.4. The highest BCUT2D eigenvalue weighted by Gasteiger charge is 2.17. The Morgan fingerprint density at radius 1 is 1.13 bits per heavy atom. The molecule has 0 fully saturated rings. The zero-order valence-corrected chi connectivity index (χ0v) is 15.5. The van der Waals surface area contributed by atoms with Crippen LogP contribution in [0.5, 0.6) is 0 Å². The Morgan fingerprint density at radius 3 is 2.48 bits per heavy atom. The standard InChI is InChI=1S/C18H16FNS3/c1-11-12(2)17(22-3)15(19)9-14(11)16-10-23-18(21)20(16)13-7-5-4-6-8-13/h4-10H,1-3H3. The Bertz CT molecular complexity index is 910. The number of hydrogen-bond acceptors (Lipinski definition) is 3. The molecule has 0 unspecified atom stereocenters. The van der Waals surface area contributed by atoms with E-state index in [0.29, 0.717) is 4.90 Å². The fraction of sp³-hybridized carbons (Fsp3) is 0.167. The van der Waals surface area contributed by atoms with Gasteiger partial charge < -0.3 is 0 Å². The Labute approximate surface area is 148 Å². The van der Waals surface area contributed by atoms with Gasteiger partial charge in [-0.25, -0.2) is 4.39 Å². The Morgan fingerprint density at radius 2 is 1.83 bits per heavy atom. The molecule has 1 nitrogen and oxygen atoms in total. The molecule has 0 N–H and O–H groups in total. The van der Waals surface area contributed by atoms with Gasteiger partial charge in [-0.2, -0.15) is 0 Å². The maximum absolute atomic E-state index is 14.5. The van der Waals surface area contributed by atoms with Gasteiger partial charge in [0, 0.05) is 21.5 Å². The predicted molar refractivity (Wildman–Crippen MR) is 101 cm³/mol. The summed E-state index contributed by atoms with van der Waals surface area (Å²) in [5.74, 6) is -0.174. The van der Waals surface area contributed by atoms with Crippen molar-refractivity contribution in [2.24, 2.45) is 0 Å². The summed E-state index contributed by atoms with van der Waals surface area (Å²) in [5.41, 5.74) is 4.92. The monoisotopic (exact) mass is 361 g/mol. The van der Waals surface area contributed by atoms with Crippen LogP contribution in [-0.4, -0.2) is 10.8 Å². The van der Waals surface area contributed by atoms with Crippen molar-refractivity contribution in [3.05, 3.63) is 62.7 Å². The summed E-state index contributed by atoms with van der Waals surface area (Å²) in [5, 5.41) is 2.01. The van der Waals surface area contributed by atoms with Gasteiger partial charge >= 0.3 is 0 Å². The summed E-state index contributed by atoms with van der Waals surface area (Å²) in [4.78, 5) is 0.714. The van der Waals surface area contributed by atoms with Crippen LogP contribution in [0.3, 0.4) is 0 Å². The Hall–Kier alpha value is -1.43. The minimum Gasteiger partial charge on any atom is -0.291 e. The van der Waals surface area contributed by atoms with Gasteiger partial charge in [0.05, 0.1) is 5.69 Å². The van der Waals surface area contributed by atoms with Gasteiger partial charge in [-0.3, -0.25) is 4.57 Å². The molecule has 3 rings (SSSR count). The summed E-state index contributed by atoms with van der Waals surface area (Å²) in [6.45, 7) is 4.02. The molecule has 1 heterocycles. The summed E-state index contributed by atoms with van der Waals surface area (Å²) in [6, 6.07) is 11.6. The Balaban J connectivity index is 2.28. The molecule has 0 saturated heterocycles. The Kier molecular flexibility index (Phi) is 4.71. The second kappa shape index (κ2) is 6.59. The van der Waals surface area contributed by atoms with Gasteiger partial charge in [0.1, 0.15) is 5.82 Å². The smallest absolute Gasteiger partial charge is 0.166 e. The largest absolute Gasteiger partial charge is 0.291 e. The van der Waals surface area contributed by atoms with E-state index in [0.717, 1.165) is 32.0 Å². The average Bonchev–Trinajstić information content (AvgIpc) is 2.93. The van der Waals surface area contributed by atoms with E-state index in [4.69, 9.17) is 12.2 Å². The lowest BCUT2D eigenvalue weighted by atomic mass is 10.0. The second-order valence-electron chi connectivity index (χ2n) is 5.25. The number of thioether (sulfide) groups is 1. The van der Waals surface area contributed by atoms with Crippen LogP contribution < -0.4 is 0 Å². The van der Waals surface area contributed by atoms with Crippen molar-refractivity contribution in [1.82, 2.24) is 4.57 Å².